The predicted molar refractivity (Wildman–Crippen MR) is 83.2 cm³/mol. The van der Waals surface area contributed by atoms with Gasteiger partial charge in [-0.25, -0.2) is 17.5 Å². The van der Waals surface area contributed by atoms with Crippen LogP contribution in [0.4, 0.5) is 0 Å². The first kappa shape index (κ1) is 16.9. The van der Waals surface area contributed by atoms with Gasteiger partial charge in [-0.3, -0.25) is 0 Å². The van der Waals surface area contributed by atoms with E-state index in [1.165, 1.54) is 38.4 Å². The third-order valence-electron chi connectivity index (χ3n) is 3.72. The number of esters is 1. The summed E-state index contributed by atoms with van der Waals surface area (Å²) < 4.78 is 30.6. The molecule has 6 nitrogen and oxygen atoms in total. The minimum Gasteiger partial charge on any atom is -0.457 e. The van der Waals surface area contributed by atoms with E-state index < -0.39 is 16.0 Å². The van der Waals surface area contributed by atoms with Crippen molar-refractivity contribution in [2.75, 3.05) is 34.2 Å². The number of nitrogens with zero attached hydrogens (tertiary/aromatic N) is 2. The number of ether oxygens (including phenoxy) is 1. The Labute approximate surface area is 131 Å². The zero-order chi connectivity index (χ0) is 16.3. The smallest absolute Gasteiger partial charge is 0.338 e. The Morgan fingerprint density at radius 3 is 2.45 bits per heavy atom. The SMILES string of the molecule is CN1CCC[C@@H](OC(=O)c2ccc(S(=O)(=O)N(C)C)cc2)C1. The van der Waals surface area contributed by atoms with Crippen LogP contribution in [-0.4, -0.2) is 63.9 Å². The lowest BCUT2D eigenvalue weighted by atomic mass is 10.1. The van der Waals surface area contributed by atoms with Gasteiger partial charge in [0.25, 0.3) is 0 Å². The van der Waals surface area contributed by atoms with Crippen molar-refractivity contribution in [3.63, 3.8) is 0 Å². The molecule has 0 unspecified atom stereocenters. The van der Waals surface area contributed by atoms with E-state index >= 15 is 0 Å². The van der Waals surface area contributed by atoms with E-state index in [-0.39, 0.29) is 11.0 Å². The number of benzene rings is 1. The number of hydrogen-bond donors (Lipinski definition) is 0. The molecule has 0 radical (unpaired) electrons. The van der Waals surface area contributed by atoms with Gasteiger partial charge in [0.1, 0.15) is 6.10 Å². The molecule has 22 heavy (non-hydrogen) atoms. The number of carbonyl (C=O) groups excluding carboxylic acids is 1. The molecule has 0 amide bonds. The maximum absolute atomic E-state index is 12.1. The number of sulfonamides is 1. The first-order chi connectivity index (χ1) is 10.3. The van der Waals surface area contributed by atoms with Crippen molar-refractivity contribution in [2.24, 2.45) is 0 Å². The van der Waals surface area contributed by atoms with Crippen LogP contribution in [0.25, 0.3) is 0 Å². The van der Waals surface area contributed by atoms with Crippen molar-refractivity contribution in [3.8, 4) is 0 Å². The molecule has 1 heterocycles. The van der Waals surface area contributed by atoms with Gasteiger partial charge in [-0.2, -0.15) is 0 Å². The first-order valence-corrected chi connectivity index (χ1v) is 8.67. The molecule has 0 saturated carbocycles. The summed E-state index contributed by atoms with van der Waals surface area (Å²) in [5, 5.41) is 0. The number of likely N-dealkylation sites (tertiary alicyclic amines) is 1. The number of carbonyl (C=O) groups is 1. The number of rotatable bonds is 4. The molecule has 122 valence electrons. The number of piperidine rings is 1. The summed E-state index contributed by atoms with van der Waals surface area (Å²) >= 11 is 0. The van der Waals surface area contributed by atoms with E-state index in [4.69, 9.17) is 4.74 Å². The molecule has 0 bridgehead atoms. The minimum absolute atomic E-state index is 0.101. The molecule has 1 atom stereocenters. The fraction of sp³-hybridized carbons (Fsp3) is 0.533. The largest absolute Gasteiger partial charge is 0.457 e. The monoisotopic (exact) mass is 326 g/mol. The number of hydrogen-bond acceptors (Lipinski definition) is 5. The average molecular weight is 326 g/mol. The van der Waals surface area contributed by atoms with Crippen molar-refractivity contribution in [2.45, 2.75) is 23.8 Å². The summed E-state index contributed by atoms with van der Waals surface area (Å²) in [7, 11) is 1.46. The molecule has 1 aromatic carbocycles. The van der Waals surface area contributed by atoms with Crippen molar-refractivity contribution < 1.29 is 17.9 Å². The van der Waals surface area contributed by atoms with Crippen LogP contribution < -0.4 is 0 Å². The Morgan fingerprint density at radius 1 is 1.27 bits per heavy atom. The lowest BCUT2D eigenvalue weighted by Gasteiger charge is -2.29. The van der Waals surface area contributed by atoms with E-state index in [9.17, 15) is 13.2 Å². The number of likely N-dealkylation sites (N-methyl/N-ethyl adjacent to an activating group) is 1. The minimum atomic E-state index is -3.48. The van der Waals surface area contributed by atoms with Crippen LogP contribution in [-0.2, 0) is 14.8 Å². The Hall–Kier alpha value is -1.44. The zero-order valence-electron chi connectivity index (χ0n) is 13.2. The van der Waals surface area contributed by atoms with Gasteiger partial charge in [-0.1, -0.05) is 0 Å². The van der Waals surface area contributed by atoms with Crippen LogP contribution in [0.2, 0.25) is 0 Å². The third-order valence-corrected chi connectivity index (χ3v) is 5.55. The molecular formula is C15H22N2O4S. The second kappa shape index (κ2) is 6.76. The highest BCUT2D eigenvalue weighted by Crippen LogP contribution is 2.17. The van der Waals surface area contributed by atoms with E-state index in [0.29, 0.717) is 5.56 Å². The zero-order valence-corrected chi connectivity index (χ0v) is 14.0. The second-order valence-electron chi connectivity index (χ2n) is 5.74. The summed E-state index contributed by atoms with van der Waals surface area (Å²) in [6.45, 7) is 1.75. The molecule has 0 N–H and O–H groups in total. The van der Waals surface area contributed by atoms with Gasteiger partial charge in [0.05, 0.1) is 10.5 Å². The fourth-order valence-corrected chi connectivity index (χ4v) is 3.31. The fourth-order valence-electron chi connectivity index (χ4n) is 2.41. The molecule has 0 aromatic heterocycles. The molecule has 0 aliphatic carbocycles. The van der Waals surface area contributed by atoms with E-state index in [1.54, 1.807) is 0 Å². The van der Waals surface area contributed by atoms with Gasteiger partial charge in [0.15, 0.2) is 0 Å². The standard InChI is InChI=1S/C15H22N2O4S/c1-16(2)22(19,20)14-8-6-12(7-9-14)15(18)21-13-5-4-10-17(3)11-13/h6-9,13H,4-5,10-11H2,1-3H3/t13-/m1/s1. The van der Waals surface area contributed by atoms with Gasteiger partial charge in [-0.05, 0) is 50.7 Å². The first-order valence-electron chi connectivity index (χ1n) is 7.23. The van der Waals surface area contributed by atoms with Crippen molar-refractivity contribution in [1.29, 1.82) is 0 Å². The summed E-state index contributed by atoms with van der Waals surface area (Å²) in [6.07, 6.45) is 1.77. The van der Waals surface area contributed by atoms with Gasteiger partial charge >= 0.3 is 5.97 Å². The maximum Gasteiger partial charge on any atom is 0.338 e. The van der Waals surface area contributed by atoms with Crippen LogP contribution in [0, 0.1) is 0 Å². The van der Waals surface area contributed by atoms with E-state index in [0.717, 1.165) is 30.2 Å². The molecule has 1 aromatic rings. The second-order valence-corrected chi connectivity index (χ2v) is 7.90. The summed E-state index contributed by atoms with van der Waals surface area (Å²) in [5.74, 6) is -0.408. The Bertz CT molecular complexity index is 625. The highest BCUT2D eigenvalue weighted by atomic mass is 32.2. The quantitative estimate of drug-likeness (QED) is 0.778. The van der Waals surface area contributed by atoms with Crippen LogP contribution in [0.3, 0.4) is 0 Å². The Kier molecular flexibility index (Phi) is 5.20. The van der Waals surface area contributed by atoms with E-state index in [2.05, 4.69) is 4.90 Å². The maximum atomic E-state index is 12.1. The lowest BCUT2D eigenvalue weighted by molar-refractivity contribution is 0.0108. The molecule has 1 fully saturated rings. The van der Waals surface area contributed by atoms with Crippen LogP contribution >= 0.6 is 0 Å². The van der Waals surface area contributed by atoms with Gasteiger partial charge in [0.2, 0.25) is 10.0 Å². The average Bonchev–Trinajstić information content (AvgIpc) is 2.47. The summed E-state index contributed by atoms with van der Waals surface area (Å²) in [6, 6.07) is 5.84. The van der Waals surface area contributed by atoms with Crippen molar-refractivity contribution in [1.82, 2.24) is 9.21 Å². The molecule has 0 spiro atoms. The molecule has 2 rings (SSSR count). The Balaban J connectivity index is 2.05. The van der Waals surface area contributed by atoms with Crippen LogP contribution in [0.15, 0.2) is 29.2 Å². The molecule has 7 heteroatoms. The van der Waals surface area contributed by atoms with Crippen LogP contribution in [0.1, 0.15) is 23.2 Å². The van der Waals surface area contributed by atoms with Crippen molar-refractivity contribution >= 4 is 16.0 Å². The van der Waals surface area contributed by atoms with Gasteiger partial charge in [0, 0.05) is 20.6 Å². The highest BCUT2D eigenvalue weighted by molar-refractivity contribution is 7.89. The summed E-state index contributed by atoms with van der Waals surface area (Å²) in [4.78, 5) is 14.4. The molecule has 1 aliphatic rings. The van der Waals surface area contributed by atoms with E-state index in [1.807, 2.05) is 7.05 Å². The third kappa shape index (κ3) is 3.85. The molecular weight excluding hydrogens is 304 g/mol. The predicted octanol–water partition coefficient (Wildman–Crippen LogP) is 1.19. The topological polar surface area (TPSA) is 66.9 Å². The van der Waals surface area contributed by atoms with Crippen molar-refractivity contribution in [3.05, 3.63) is 29.8 Å². The lowest BCUT2D eigenvalue weighted by Crippen LogP contribution is -2.38. The van der Waals surface area contributed by atoms with Gasteiger partial charge in [-0.15, -0.1) is 0 Å². The molecule has 1 aliphatic heterocycles. The van der Waals surface area contributed by atoms with Crippen LogP contribution in [0.5, 0.6) is 0 Å². The normalized spacial score (nSPS) is 20.1. The van der Waals surface area contributed by atoms with Gasteiger partial charge < -0.3 is 9.64 Å². The Morgan fingerprint density at radius 2 is 1.91 bits per heavy atom. The highest BCUT2D eigenvalue weighted by Gasteiger charge is 2.22. The molecule has 1 saturated heterocycles. The summed E-state index contributed by atoms with van der Waals surface area (Å²) in [5.41, 5.74) is 0.367.